The van der Waals surface area contributed by atoms with Crippen molar-refractivity contribution in [2.75, 3.05) is 20.1 Å². The first-order chi connectivity index (χ1) is 10.8. The minimum atomic E-state index is -3.64. The van der Waals surface area contributed by atoms with Gasteiger partial charge in [0, 0.05) is 35.8 Å². The molecule has 6 heteroatoms. The Bertz CT molecular complexity index is 907. The molecule has 122 valence electrons. The smallest absolute Gasteiger partial charge is 0.233 e. The lowest BCUT2D eigenvalue weighted by atomic mass is 9.98. The lowest BCUT2D eigenvalue weighted by Crippen LogP contribution is -2.23. The number of allylic oxidation sites excluding steroid dienone is 1. The Kier molecular flexibility index (Phi) is 4.14. The van der Waals surface area contributed by atoms with Crippen molar-refractivity contribution >= 4 is 32.6 Å². The Hall–Kier alpha value is -1.89. The Balaban J connectivity index is 2.04. The van der Waals surface area contributed by atoms with E-state index in [1.807, 2.05) is 24.4 Å². The van der Waals surface area contributed by atoms with Gasteiger partial charge in [0.2, 0.25) is 10.0 Å². The Morgan fingerprint density at radius 2 is 2.17 bits per heavy atom. The van der Waals surface area contributed by atoms with Crippen LogP contribution in [-0.4, -0.2) is 38.4 Å². The maximum Gasteiger partial charge on any atom is 0.233 e. The van der Waals surface area contributed by atoms with Gasteiger partial charge in [0.25, 0.3) is 0 Å². The fourth-order valence-corrected chi connectivity index (χ4v) is 3.13. The molecule has 3 rings (SSSR count). The number of rotatable bonds is 3. The predicted octanol–water partition coefficient (Wildman–Crippen LogP) is 2.54. The second-order valence-corrected chi connectivity index (χ2v) is 7.78. The van der Waals surface area contributed by atoms with E-state index in [0.29, 0.717) is 0 Å². The quantitative estimate of drug-likeness (QED) is 0.907. The summed E-state index contributed by atoms with van der Waals surface area (Å²) < 4.78 is 22.8. The number of likely N-dealkylation sites (N-methyl/N-ethyl adjacent to an activating group) is 1. The number of sulfonamides is 1. The summed E-state index contributed by atoms with van der Waals surface area (Å²) >= 11 is 0. The number of nitrogens with one attached hydrogen (secondary N) is 1. The molecular weight excluding hydrogens is 310 g/mol. The molecule has 1 aliphatic heterocycles. The SMILES string of the molecule is CC(=Cc1ccc2[nH]cc(C3=CCN(C)CC3)c2c1)S(N)(=O)=O. The Morgan fingerprint density at radius 3 is 2.83 bits per heavy atom. The topological polar surface area (TPSA) is 79.2 Å². The van der Waals surface area contributed by atoms with Crippen molar-refractivity contribution in [3.8, 4) is 0 Å². The third-order valence-corrected chi connectivity index (χ3v) is 5.30. The molecule has 0 saturated heterocycles. The van der Waals surface area contributed by atoms with Crippen LogP contribution in [0.15, 0.2) is 35.4 Å². The van der Waals surface area contributed by atoms with Crippen LogP contribution in [0.2, 0.25) is 0 Å². The number of H-pyrrole nitrogens is 1. The van der Waals surface area contributed by atoms with E-state index in [-0.39, 0.29) is 4.91 Å². The largest absolute Gasteiger partial charge is 0.361 e. The summed E-state index contributed by atoms with van der Waals surface area (Å²) in [5.41, 5.74) is 4.40. The zero-order valence-corrected chi connectivity index (χ0v) is 14.2. The zero-order chi connectivity index (χ0) is 16.6. The minimum Gasteiger partial charge on any atom is -0.361 e. The van der Waals surface area contributed by atoms with Crippen LogP contribution in [-0.2, 0) is 10.0 Å². The molecule has 0 amide bonds. The molecule has 0 atom stereocenters. The maximum absolute atomic E-state index is 11.4. The van der Waals surface area contributed by atoms with Crippen molar-refractivity contribution in [1.29, 1.82) is 0 Å². The van der Waals surface area contributed by atoms with Gasteiger partial charge in [0.05, 0.1) is 4.91 Å². The predicted molar refractivity (Wildman–Crippen MR) is 95.1 cm³/mol. The summed E-state index contributed by atoms with van der Waals surface area (Å²) in [6.45, 7) is 3.51. The van der Waals surface area contributed by atoms with Gasteiger partial charge in [-0.05, 0) is 49.7 Å². The number of nitrogens with two attached hydrogens (primary N) is 1. The van der Waals surface area contributed by atoms with Crippen LogP contribution in [0.5, 0.6) is 0 Å². The van der Waals surface area contributed by atoms with Crippen molar-refractivity contribution in [3.05, 3.63) is 46.5 Å². The second kappa shape index (κ2) is 5.96. The summed E-state index contributed by atoms with van der Waals surface area (Å²) in [7, 11) is -1.53. The van der Waals surface area contributed by atoms with Crippen molar-refractivity contribution in [1.82, 2.24) is 9.88 Å². The van der Waals surface area contributed by atoms with Crippen LogP contribution >= 0.6 is 0 Å². The third kappa shape index (κ3) is 3.39. The number of primary sulfonamides is 1. The molecule has 0 radical (unpaired) electrons. The van der Waals surface area contributed by atoms with Crippen molar-refractivity contribution in [3.63, 3.8) is 0 Å². The molecule has 2 aromatic rings. The molecule has 0 aliphatic carbocycles. The molecule has 3 N–H and O–H groups in total. The fourth-order valence-electron chi connectivity index (χ4n) is 2.83. The van der Waals surface area contributed by atoms with Gasteiger partial charge in [-0.25, -0.2) is 13.6 Å². The Labute approximate surface area is 136 Å². The summed E-state index contributed by atoms with van der Waals surface area (Å²) in [5.74, 6) is 0. The standard InChI is InChI=1S/C17H21N3O2S/c1-12(23(18,21)22)9-13-3-4-17-15(10-13)16(11-19-17)14-5-7-20(2)8-6-14/h3-5,9-11,19H,6-8H2,1-2H3,(H2,18,21,22). The van der Waals surface area contributed by atoms with E-state index in [0.717, 1.165) is 36.0 Å². The number of hydrogen-bond donors (Lipinski definition) is 2. The zero-order valence-electron chi connectivity index (χ0n) is 13.3. The van der Waals surface area contributed by atoms with E-state index in [2.05, 4.69) is 23.0 Å². The molecule has 0 saturated carbocycles. The molecule has 1 aliphatic rings. The highest BCUT2D eigenvalue weighted by Gasteiger charge is 2.14. The normalized spacial score (nSPS) is 17.5. The van der Waals surface area contributed by atoms with E-state index < -0.39 is 10.0 Å². The average Bonchev–Trinajstić information content (AvgIpc) is 2.90. The lowest BCUT2D eigenvalue weighted by Gasteiger charge is -2.21. The van der Waals surface area contributed by atoms with Gasteiger partial charge in [0.15, 0.2) is 0 Å². The van der Waals surface area contributed by atoms with Gasteiger partial charge in [0.1, 0.15) is 0 Å². The lowest BCUT2D eigenvalue weighted by molar-refractivity contribution is 0.370. The van der Waals surface area contributed by atoms with Crippen LogP contribution in [0, 0.1) is 0 Å². The number of fused-ring (bicyclic) bond motifs is 1. The number of benzene rings is 1. The van der Waals surface area contributed by atoms with Gasteiger partial charge in [-0.15, -0.1) is 0 Å². The van der Waals surface area contributed by atoms with E-state index in [9.17, 15) is 8.42 Å². The monoisotopic (exact) mass is 331 g/mol. The van der Waals surface area contributed by atoms with Crippen LogP contribution < -0.4 is 5.14 Å². The second-order valence-electron chi connectivity index (χ2n) is 6.05. The summed E-state index contributed by atoms with van der Waals surface area (Å²) in [6.07, 6.45) is 6.90. The molecule has 2 heterocycles. The number of nitrogens with zero attached hydrogens (tertiary/aromatic N) is 1. The first-order valence-corrected chi connectivity index (χ1v) is 9.09. The molecular formula is C17H21N3O2S. The van der Waals surface area contributed by atoms with Crippen LogP contribution in [0.1, 0.15) is 24.5 Å². The average molecular weight is 331 g/mol. The molecule has 0 bridgehead atoms. The summed E-state index contributed by atoms with van der Waals surface area (Å²) in [5, 5.41) is 6.27. The Morgan fingerprint density at radius 1 is 1.39 bits per heavy atom. The van der Waals surface area contributed by atoms with Crippen molar-refractivity contribution in [2.45, 2.75) is 13.3 Å². The summed E-state index contributed by atoms with van der Waals surface area (Å²) in [4.78, 5) is 5.73. The minimum absolute atomic E-state index is 0.160. The molecule has 0 spiro atoms. The van der Waals surface area contributed by atoms with Gasteiger partial charge >= 0.3 is 0 Å². The first kappa shape index (κ1) is 16.0. The maximum atomic E-state index is 11.4. The van der Waals surface area contributed by atoms with E-state index in [4.69, 9.17) is 5.14 Å². The highest BCUT2D eigenvalue weighted by atomic mass is 32.2. The number of hydrogen-bond acceptors (Lipinski definition) is 3. The highest BCUT2D eigenvalue weighted by molar-refractivity contribution is 7.93. The molecule has 0 unspecified atom stereocenters. The first-order valence-electron chi connectivity index (χ1n) is 7.55. The molecule has 1 aromatic carbocycles. The highest BCUT2D eigenvalue weighted by Crippen LogP contribution is 2.30. The molecule has 5 nitrogen and oxygen atoms in total. The van der Waals surface area contributed by atoms with Gasteiger partial charge in [-0.1, -0.05) is 12.1 Å². The number of aromatic amines is 1. The summed E-state index contributed by atoms with van der Waals surface area (Å²) in [6, 6.07) is 5.87. The fraction of sp³-hybridized carbons (Fsp3) is 0.294. The van der Waals surface area contributed by atoms with Crippen LogP contribution in [0.3, 0.4) is 0 Å². The number of aromatic nitrogens is 1. The van der Waals surface area contributed by atoms with E-state index in [1.54, 1.807) is 6.08 Å². The molecule has 0 fully saturated rings. The van der Waals surface area contributed by atoms with Crippen LogP contribution in [0.25, 0.3) is 22.6 Å². The van der Waals surface area contributed by atoms with Crippen molar-refractivity contribution in [2.24, 2.45) is 5.14 Å². The van der Waals surface area contributed by atoms with E-state index >= 15 is 0 Å². The van der Waals surface area contributed by atoms with Crippen molar-refractivity contribution < 1.29 is 8.42 Å². The van der Waals surface area contributed by atoms with Crippen LogP contribution in [0.4, 0.5) is 0 Å². The van der Waals surface area contributed by atoms with Gasteiger partial charge < -0.3 is 9.88 Å². The van der Waals surface area contributed by atoms with Gasteiger partial charge in [-0.3, -0.25) is 0 Å². The van der Waals surface area contributed by atoms with E-state index in [1.165, 1.54) is 18.1 Å². The third-order valence-electron chi connectivity index (χ3n) is 4.28. The van der Waals surface area contributed by atoms with Gasteiger partial charge in [-0.2, -0.15) is 0 Å². The molecule has 23 heavy (non-hydrogen) atoms. The molecule has 1 aromatic heterocycles.